The molecule has 1 N–H and O–H groups in total. The molecule has 1 saturated heterocycles. The third-order valence-electron chi connectivity index (χ3n) is 2.41. The Morgan fingerprint density at radius 1 is 1.54 bits per heavy atom. The van der Waals surface area contributed by atoms with E-state index in [4.69, 9.17) is 0 Å². The molecule has 1 aliphatic carbocycles. The summed E-state index contributed by atoms with van der Waals surface area (Å²) in [6.45, 7) is 1.65. The molecule has 0 atom stereocenters. The molecule has 0 spiro atoms. The highest BCUT2D eigenvalue weighted by Crippen LogP contribution is 2.40. The molecule has 2 aliphatic rings. The van der Waals surface area contributed by atoms with Crippen molar-refractivity contribution in [3.05, 3.63) is 22.9 Å². The van der Waals surface area contributed by atoms with Gasteiger partial charge in [0.2, 0.25) is 0 Å². The van der Waals surface area contributed by atoms with Crippen LogP contribution in [0.15, 0.2) is 22.9 Å². The van der Waals surface area contributed by atoms with Crippen LogP contribution in [-0.4, -0.2) is 11.8 Å². The zero-order valence-corrected chi connectivity index (χ0v) is 7.16. The van der Waals surface area contributed by atoms with Crippen molar-refractivity contribution in [1.82, 2.24) is 5.32 Å². The summed E-state index contributed by atoms with van der Waals surface area (Å²) >= 11 is 0. The normalized spacial score (nSPS) is 25.5. The fourth-order valence-electron chi connectivity index (χ4n) is 1.75. The van der Waals surface area contributed by atoms with Crippen molar-refractivity contribution in [3.8, 4) is 0 Å². The van der Waals surface area contributed by atoms with Crippen molar-refractivity contribution in [3.63, 3.8) is 0 Å². The fraction of sp³-hybridized carbons (Fsp3) is 0.444. The number of halogens is 2. The minimum Gasteiger partial charge on any atom is -0.320 e. The predicted molar refractivity (Wildman–Crippen MR) is 43.1 cm³/mol. The summed E-state index contributed by atoms with van der Waals surface area (Å²) in [5.41, 5.74) is 0.809. The molecule has 0 unspecified atom stereocenters. The van der Waals surface area contributed by atoms with Crippen LogP contribution in [0.1, 0.15) is 19.8 Å². The lowest BCUT2D eigenvalue weighted by atomic mass is 9.94. The fourth-order valence-corrected chi connectivity index (χ4v) is 1.75. The first-order valence-corrected chi connectivity index (χ1v) is 4.13. The van der Waals surface area contributed by atoms with Gasteiger partial charge in [0.15, 0.2) is 0 Å². The quantitative estimate of drug-likeness (QED) is 0.612. The molecule has 0 radical (unpaired) electrons. The largest absolute Gasteiger partial charge is 0.352 e. The van der Waals surface area contributed by atoms with Crippen LogP contribution in [0.5, 0.6) is 0 Å². The van der Waals surface area contributed by atoms with Crippen molar-refractivity contribution in [2.45, 2.75) is 25.7 Å². The Morgan fingerprint density at radius 3 is 2.85 bits per heavy atom. The minimum absolute atomic E-state index is 0.108. The molecule has 0 bridgehead atoms. The Balaban J connectivity index is 2.57. The maximum absolute atomic E-state index is 13.2. The highest BCUT2D eigenvalue weighted by Gasteiger charge is 2.52. The van der Waals surface area contributed by atoms with Gasteiger partial charge in [0.05, 0.1) is 5.57 Å². The molecule has 70 valence electrons. The van der Waals surface area contributed by atoms with Gasteiger partial charge in [0.1, 0.15) is 0 Å². The minimum atomic E-state index is -3.32. The molecule has 1 heterocycles. The number of carbonyl (C=O) groups excluding carboxylic acids is 1. The second-order valence-electron chi connectivity index (χ2n) is 3.34. The van der Waals surface area contributed by atoms with Gasteiger partial charge in [0.25, 0.3) is 5.91 Å². The summed E-state index contributed by atoms with van der Waals surface area (Å²) in [7, 11) is 0. The van der Waals surface area contributed by atoms with Crippen LogP contribution in [-0.2, 0) is 4.79 Å². The average molecular weight is 185 g/mol. The van der Waals surface area contributed by atoms with Gasteiger partial charge in [0, 0.05) is 5.70 Å². The molecule has 0 aromatic rings. The number of alkyl halides is 2. The van der Waals surface area contributed by atoms with Gasteiger partial charge in [-0.25, -0.2) is 0 Å². The number of amides is 1. The zero-order valence-electron chi connectivity index (χ0n) is 7.16. The molecule has 2 nitrogen and oxygen atoms in total. The Morgan fingerprint density at radius 2 is 2.23 bits per heavy atom. The molecule has 1 aliphatic heterocycles. The first-order valence-electron chi connectivity index (χ1n) is 4.13. The van der Waals surface area contributed by atoms with Crippen molar-refractivity contribution in [2.75, 3.05) is 0 Å². The first kappa shape index (κ1) is 8.41. The Bertz CT molecular complexity index is 342. The Kier molecular flexibility index (Phi) is 1.55. The summed E-state index contributed by atoms with van der Waals surface area (Å²) in [4.78, 5) is 10.9. The van der Waals surface area contributed by atoms with E-state index in [1.807, 2.05) is 0 Å². The van der Waals surface area contributed by atoms with Gasteiger partial charge in [-0.1, -0.05) is 11.6 Å². The molecule has 1 amide bonds. The first-order chi connectivity index (χ1) is 6.03. The van der Waals surface area contributed by atoms with E-state index in [-0.39, 0.29) is 5.57 Å². The molecule has 0 aromatic carbocycles. The summed E-state index contributed by atoms with van der Waals surface area (Å²) in [5.74, 6) is -4.52. The van der Waals surface area contributed by atoms with Gasteiger partial charge in [-0.2, -0.15) is 8.78 Å². The topological polar surface area (TPSA) is 29.1 Å². The molecular formula is C9H9F2NO. The predicted octanol–water partition coefficient (Wildman–Crippen LogP) is 1.75. The van der Waals surface area contributed by atoms with Crippen LogP contribution in [0.3, 0.4) is 0 Å². The maximum atomic E-state index is 13.2. The number of nitrogens with one attached hydrogen (secondary N) is 1. The van der Waals surface area contributed by atoms with Crippen LogP contribution in [0, 0.1) is 0 Å². The van der Waals surface area contributed by atoms with Crippen LogP contribution >= 0.6 is 0 Å². The molecular weight excluding hydrogens is 176 g/mol. The summed E-state index contributed by atoms with van der Waals surface area (Å²) in [5, 5.41) is 2.19. The summed E-state index contributed by atoms with van der Waals surface area (Å²) in [6.07, 6.45) is 2.99. The van der Waals surface area contributed by atoms with E-state index >= 15 is 0 Å². The molecule has 4 heteroatoms. The third-order valence-corrected chi connectivity index (χ3v) is 2.41. The van der Waals surface area contributed by atoms with Gasteiger partial charge in [-0.15, -0.1) is 0 Å². The van der Waals surface area contributed by atoms with Crippen molar-refractivity contribution >= 4 is 5.91 Å². The third kappa shape index (κ3) is 1.01. The van der Waals surface area contributed by atoms with E-state index in [2.05, 4.69) is 5.32 Å². The van der Waals surface area contributed by atoms with E-state index in [1.165, 1.54) is 0 Å². The van der Waals surface area contributed by atoms with Crippen molar-refractivity contribution < 1.29 is 13.6 Å². The smallest absolute Gasteiger partial charge is 0.320 e. The number of rotatable bonds is 0. The Labute approximate surface area is 74.3 Å². The SMILES string of the molecule is CC1=C2C(=CCC1)NC(=O)C2(F)F. The number of hydrogen-bond donors (Lipinski definition) is 1. The number of hydrogen-bond acceptors (Lipinski definition) is 1. The number of carbonyl (C=O) groups is 1. The number of allylic oxidation sites excluding steroid dienone is 3. The van der Waals surface area contributed by atoms with Crippen molar-refractivity contribution in [2.24, 2.45) is 0 Å². The molecule has 0 aromatic heterocycles. The van der Waals surface area contributed by atoms with Crippen LogP contribution in [0.2, 0.25) is 0 Å². The second-order valence-corrected chi connectivity index (χ2v) is 3.34. The molecule has 0 saturated carbocycles. The van der Waals surface area contributed by atoms with Gasteiger partial charge in [-0.3, -0.25) is 4.79 Å². The molecule has 2 rings (SSSR count). The standard InChI is InChI=1S/C9H9F2NO/c1-5-3-2-4-6-7(5)9(10,11)8(13)12-6/h4H,2-3H2,1H3,(H,12,13). The molecule has 1 fully saturated rings. The lowest BCUT2D eigenvalue weighted by Crippen LogP contribution is -2.29. The van der Waals surface area contributed by atoms with Gasteiger partial charge < -0.3 is 5.32 Å². The molecule has 13 heavy (non-hydrogen) atoms. The van der Waals surface area contributed by atoms with Gasteiger partial charge >= 0.3 is 5.92 Å². The lowest BCUT2D eigenvalue weighted by Gasteiger charge is -2.15. The maximum Gasteiger partial charge on any atom is 0.352 e. The highest BCUT2D eigenvalue weighted by molar-refractivity contribution is 5.95. The zero-order chi connectivity index (χ0) is 9.64. The average Bonchev–Trinajstić information content (AvgIpc) is 2.24. The Hall–Kier alpha value is -1.19. The lowest BCUT2D eigenvalue weighted by molar-refractivity contribution is -0.136. The van der Waals surface area contributed by atoms with E-state index in [0.717, 1.165) is 6.42 Å². The van der Waals surface area contributed by atoms with E-state index in [9.17, 15) is 13.6 Å². The van der Waals surface area contributed by atoms with Crippen molar-refractivity contribution in [1.29, 1.82) is 0 Å². The second kappa shape index (κ2) is 2.40. The summed E-state index contributed by atoms with van der Waals surface area (Å²) < 4.78 is 26.4. The summed E-state index contributed by atoms with van der Waals surface area (Å²) in [6, 6.07) is 0. The number of fused-ring (bicyclic) bond motifs is 1. The highest BCUT2D eigenvalue weighted by atomic mass is 19.3. The van der Waals surface area contributed by atoms with Crippen LogP contribution in [0.25, 0.3) is 0 Å². The van der Waals surface area contributed by atoms with E-state index in [0.29, 0.717) is 17.7 Å². The monoisotopic (exact) mass is 185 g/mol. The van der Waals surface area contributed by atoms with Crippen LogP contribution in [0.4, 0.5) is 8.78 Å². The van der Waals surface area contributed by atoms with Crippen LogP contribution < -0.4 is 5.32 Å². The van der Waals surface area contributed by atoms with Gasteiger partial charge in [-0.05, 0) is 19.8 Å². The van der Waals surface area contributed by atoms with E-state index in [1.54, 1.807) is 13.0 Å². The van der Waals surface area contributed by atoms with E-state index < -0.39 is 11.8 Å².